The predicted molar refractivity (Wildman–Crippen MR) is 115 cm³/mol. The summed E-state index contributed by atoms with van der Waals surface area (Å²) in [4.78, 5) is 24.2. The molecule has 1 aliphatic heterocycles. The van der Waals surface area contributed by atoms with Crippen molar-refractivity contribution >= 4 is 56.4 Å². The van der Waals surface area contributed by atoms with Gasteiger partial charge in [0.25, 0.3) is 5.91 Å². The van der Waals surface area contributed by atoms with Crippen molar-refractivity contribution in [2.24, 2.45) is 0 Å². The largest absolute Gasteiger partial charge is 0.493 e. The van der Waals surface area contributed by atoms with E-state index in [1.165, 1.54) is 31.4 Å². The molecule has 0 radical (unpaired) electrons. The minimum Gasteiger partial charge on any atom is -0.493 e. The number of ether oxygens (including phenoxy) is 1. The average molecular weight is 484 g/mol. The molecule has 0 bridgehead atoms. The van der Waals surface area contributed by atoms with E-state index in [2.05, 4.69) is 0 Å². The third kappa shape index (κ3) is 5.21. The van der Waals surface area contributed by atoms with Gasteiger partial charge in [0, 0.05) is 0 Å². The highest BCUT2D eigenvalue weighted by Crippen LogP contribution is 2.35. The van der Waals surface area contributed by atoms with Crippen molar-refractivity contribution in [3.63, 3.8) is 0 Å². The molecule has 2 aromatic rings. The number of amides is 1. The van der Waals surface area contributed by atoms with Gasteiger partial charge in [-0.3, -0.25) is 14.5 Å². The van der Waals surface area contributed by atoms with Crippen molar-refractivity contribution in [3.05, 3.63) is 58.8 Å². The lowest BCUT2D eigenvalue weighted by Crippen LogP contribution is -2.33. The fraction of sp³-hybridized carbons (Fsp3) is 0.105. The molecule has 0 spiro atoms. The lowest BCUT2D eigenvalue weighted by Gasteiger charge is -2.12. The van der Waals surface area contributed by atoms with Gasteiger partial charge >= 0.3 is 16.1 Å². The first-order chi connectivity index (χ1) is 14.6. The zero-order valence-electron chi connectivity index (χ0n) is 15.8. The van der Waals surface area contributed by atoms with Crippen LogP contribution in [0.3, 0.4) is 0 Å². The summed E-state index contributed by atoms with van der Waals surface area (Å²) in [5.41, 5.74) is 0.471. The van der Waals surface area contributed by atoms with Crippen LogP contribution in [0.4, 0.5) is 4.39 Å². The quantitative estimate of drug-likeness (QED) is 0.361. The number of methoxy groups -OCH3 is 1. The Morgan fingerprint density at radius 1 is 1.23 bits per heavy atom. The van der Waals surface area contributed by atoms with Crippen LogP contribution in [0, 0.1) is 5.82 Å². The molecule has 2 aromatic carbocycles. The molecular weight excluding hydrogens is 469 g/mol. The molecule has 1 amide bonds. The van der Waals surface area contributed by atoms with Gasteiger partial charge in [0.05, 0.1) is 12.0 Å². The molecule has 0 saturated carbocycles. The Labute approximate surface area is 186 Å². The number of nitrogens with zero attached hydrogens (tertiary/aromatic N) is 1. The van der Waals surface area contributed by atoms with Crippen molar-refractivity contribution in [2.45, 2.75) is 4.90 Å². The van der Waals surface area contributed by atoms with Gasteiger partial charge in [-0.25, -0.2) is 4.39 Å². The van der Waals surface area contributed by atoms with Crippen LogP contribution in [0.25, 0.3) is 6.08 Å². The lowest BCUT2D eigenvalue weighted by molar-refractivity contribution is -0.140. The van der Waals surface area contributed by atoms with E-state index in [0.29, 0.717) is 5.56 Å². The fourth-order valence-electron chi connectivity index (χ4n) is 2.53. The number of carbonyl (C=O) groups is 2. The number of carbonyl (C=O) groups excluding carboxylic acids is 1. The molecule has 3 rings (SSSR count). The van der Waals surface area contributed by atoms with E-state index in [1.807, 2.05) is 0 Å². The molecule has 1 heterocycles. The van der Waals surface area contributed by atoms with Crippen LogP contribution in [0.15, 0.2) is 52.3 Å². The summed E-state index contributed by atoms with van der Waals surface area (Å²) in [7, 11) is -2.92. The number of thiocarbonyl (C=S) groups is 1. The van der Waals surface area contributed by atoms with Gasteiger partial charge < -0.3 is 14.0 Å². The molecule has 1 N–H and O–H groups in total. The van der Waals surface area contributed by atoms with Crippen LogP contribution >= 0.6 is 24.0 Å². The van der Waals surface area contributed by atoms with Gasteiger partial charge in [0.15, 0.2) is 11.5 Å². The summed E-state index contributed by atoms with van der Waals surface area (Å²) in [6.07, 6.45) is 1.47. The number of hydrogen-bond donors (Lipinski definition) is 1. The van der Waals surface area contributed by atoms with Gasteiger partial charge in [0.1, 0.15) is 21.6 Å². The average Bonchev–Trinajstić information content (AvgIpc) is 2.96. The second-order valence-electron chi connectivity index (χ2n) is 6.06. The lowest BCUT2D eigenvalue weighted by atomic mass is 10.2. The van der Waals surface area contributed by atoms with E-state index in [4.69, 9.17) is 26.2 Å². The zero-order chi connectivity index (χ0) is 22.8. The number of halogens is 1. The van der Waals surface area contributed by atoms with Crippen molar-refractivity contribution < 1.29 is 36.4 Å². The summed E-state index contributed by atoms with van der Waals surface area (Å²) in [6.45, 7) is -0.542. The van der Waals surface area contributed by atoms with Crippen molar-refractivity contribution in [3.8, 4) is 11.5 Å². The predicted octanol–water partition coefficient (Wildman–Crippen LogP) is 2.89. The normalized spacial score (nSPS) is 15.4. The van der Waals surface area contributed by atoms with Crippen LogP contribution in [0.1, 0.15) is 5.56 Å². The summed E-state index contributed by atoms with van der Waals surface area (Å²) >= 11 is 5.99. The molecule has 0 atom stereocenters. The molecule has 0 unspecified atom stereocenters. The summed E-state index contributed by atoms with van der Waals surface area (Å²) in [5.74, 6) is -2.36. The Balaban J connectivity index is 1.86. The number of aliphatic carboxylic acids is 1. The second kappa shape index (κ2) is 9.04. The number of carboxylic acid groups (broad SMARTS) is 1. The maximum absolute atomic E-state index is 13.0. The first-order valence-electron chi connectivity index (χ1n) is 8.46. The number of thioether (sulfide) groups is 1. The molecule has 0 aliphatic carbocycles. The Morgan fingerprint density at radius 3 is 2.52 bits per heavy atom. The third-order valence-corrected chi connectivity index (χ3v) is 6.58. The smallest absolute Gasteiger partial charge is 0.339 e. The van der Waals surface area contributed by atoms with E-state index in [1.54, 1.807) is 0 Å². The third-order valence-electron chi connectivity index (χ3n) is 3.95. The highest BCUT2D eigenvalue weighted by atomic mass is 32.2. The fourth-order valence-corrected chi connectivity index (χ4v) is 4.73. The van der Waals surface area contributed by atoms with Gasteiger partial charge in [-0.1, -0.05) is 30.0 Å². The standard InChI is InChI=1S/C19H14FNO7S3/c1-27-15-8-11(9-16-18(24)21(10-17(22)23)19(29)30-16)2-7-14(15)28-31(25,26)13-5-3-12(20)4-6-13/h2-9H,10H2,1H3,(H,22,23)/b16-9+. The highest BCUT2D eigenvalue weighted by molar-refractivity contribution is 8.26. The molecule has 12 heteroatoms. The number of carboxylic acids is 1. The number of benzene rings is 2. The van der Waals surface area contributed by atoms with E-state index < -0.39 is 34.4 Å². The van der Waals surface area contributed by atoms with E-state index >= 15 is 0 Å². The second-order valence-corrected chi connectivity index (χ2v) is 9.29. The SMILES string of the molecule is COc1cc(/C=C2/SC(=S)N(CC(=O)O)C2=O)ccc1OS(=O)(=O)c1ccc(F)cc1. The topological polar surface area (TPSA) is 110 Å². The van der Waals surface area contributed by atoms with Gasteiger partial charge in [-0.15, -0.1) is 0 Å². The van der Waals surface area contributed by atoms with Crippen molar-refractivity contribution in [1.82, 2.24) is 4.90 Å². The van der Waals surface area contributed by atoms with Gasteiger partial charge in [-0.05, 0) is 48.0 Å². The van der Waals surface area contributed by atoms with Crippen LogP contribution in [0.5, 0.6) is 11.5 Å². The molecule has 31 heavy (non-hydrogen) atoms. The zero-order valence-corrected chi connectivity index (χ0v) is 18.2. The first kappa shape index (κ1) is 22.7. The highest BCUT2D eigenvalue weighted by Gasteiger charge is 2.33. The first-order valence-corrected chi connectivity index (χ1v) is 11.1. The van der Waals surface area contributed by atoms with Crippen LogP contribution in [-0.2, 0) is 19.7 Å². The summed E-state index contributed by atoms with van der Waals surface area (Å²) < 4.78 is 48.3. The molecule has 0 aromatic heterocycles. The molecule has 1 aliphatic rings. The Morgan fingerprint density at radius 2 is 1.90 bits per heavy atom. The number of hydrogen-bond acceptors (Lipinski definition) is 8. The molecule has 8 nitrogen and oxygen atoms in total. The molecule has 162 valence electrons. The minimum atomic E-state index is -4.23. The van der Waals surface area contributed by atoms with E-state index in [9.17, 15) is 22.4 Å². The summed E-state index contributed by atoms with van der Waals surface area (Å²) in [6, 6.07) is 8.41. The van der Waals surface area contributed by atoms with E-state index in [-0.39, 0.29) is 25.6 Å². The van der Waals surface area contributed by atoms with E-state index in [0.717, 1.165) is 40.9 Å². The van der Waals surface area contributed by atoms with Gasteiger partial charge in [-0.2, -0.15) is 8.42 Å². The Hall–Kier alpha value is -2.96. The van der Waals surface area contributed by atoms with Crippen LogP contribution < -0.4 is 8.92 Å². The van der Waals surface area contributed by atoms with Crippen molar-refractivity contribution in [2.75, 3.05) is 13.7 Å². The maximum atomic E-state index is 13.0. The minimum absolute atomic E-state index is 0.0699. The monoisotopic (exact) mass is 483 g/mol. The number of rotatable bonds is 7. The Bertz CT molecular complexity index is 1190. The van der Waals surface area contributed by atoms with Crippen molar-refractivity contribution in [1.29, 1.82) is 0 Å². The molecule has 1 saturated heterocycles. The maximum Gasteiger partial charge on any atom is 0.339 e. The molecular formula is C19H14FNO7S3. The van der Waals surface area contributed by atoms with Crippen LogP contribution in [-0.4, -0.2) is 48.3 Å². The van der Waals surface area contributed by atoms with Gasteiger partial charge in [0.2, 0.25) is 0 Å². The summed E-state index contributed by atoms with van der Waals surface area (Å²) in [5, 5.41) is 8.89. The van der Waals surface area contributed by atoms with Crippen LogP contribution in [0.2, 0.25) is 0 Å². The Kier molecular flexibility index (Phi) is 6.62. The molecule has 1 fully saturated rings.